The van der Waals surface area contributed by atoms with Crippen molar-refractivity contribution < 1.29 is 35.5 Å². The zero-order valence-corrected chi connectivity index (χ0v) is 16.1. The Bertz CT molecular complexity index is 1010. The second-order valence-corrected chi connectivity index (χ2v) is 8.40. The van der Waals surface area contributed by atoms with Gasteiger partial charge >= 0.3 is 12.0 Å². The predicted molar refractivity (Wildman–Crippen MR) is 95.2 cm³/mol. The molecule has 0 saturated carbocycles. The first-order valence-corrected chi connectivity index (χ1v) is 10.1. The molecule has 1 aliphatic heterocycles. The normalized spacial score (nSPS) is 16.6. The molecule has 11 heteroatoms. The van der Waals surface area contributed by atoms with Gasteiger partial charge in [0.15, 0.2) is 0 Å². The van der Waals surface area contributed by atoms with Crippen LogP contribution in [-0.2, 0) is 10.0 Å². The maximum Gasteiger partial charge on any atom is 0.573 e. The third kappa shape index (κ3) is 5.51. The van der Waals surface area contributed by atoms with Crippen molar-refractivity contribution >= 4 is 10.0 Å². The maximum absolute atomic E-state index is 12.7. The fourth-order valence-electron chi connectivity index (χ4n) is 2.99. The summed E-state index contributed by atoms with van der Waals surface area (Å²) in [5.74, 6) is 0.275. The van der Waals surface area contributed by atoms with E-state index in [1.54, 1.807) is 13.0 Å². The first-order valence-electron chi connectivity index (χ1n) is 8.67. The van der Waals surface area contributed by atoms with Crippen LogP contribution in [-0.4, -0.2) is 38.3 Å². The smallest absolute Gasteiger partial charge is 0.490 e. The number of hydrogen-bond acceptors (Lipinski definition) is 6. The molecule has 2 aromatic rings. The highest BCUT2D eigenvalue weighted by Crippen LogP contribution is 2.27. The van der Waals surface area contributed by atoms with Crippen LogP contribution in [0.4, 0.5) is 13.2 Å². The molecule has 0 radical (unpaired) electrons. The molecule has 3 rings (SSSR count). The number of sulfonamides is 1. The lowest BCUT2D eigenvalue weighted by Gasteiger charge is -2.31. The molecule has 158 valence electrons. The zero-order chi connectivity index (χ0) is 21.2. The molecule has 1 fully saturated rings. The van der Waals surface area contributed by atoms with Gasteiger partial charge in [-0.3, -0.25) is 0 Å². The summed E-state index contributed by atoms with van der Waals surface area (Å²) in [4.78, 5) is 11.3. The second kappa shape index (κ2) is 8.07. The van der Waals surface area contributed by atoms with E-state index in [1.807, 2.05) is 0 Å². The van der Waals surface area contributed by atoms with Crippen LogP contribution in [0.15, 0.2) is 50.5 Å². The third-order valence-corrected chi connectivity index (χ3v) is 6.18. The summed E-state index contributed by atoms with van der Waals surface area (Å²) in [5.41, 5.74) is -0.530. The Hall–Kier alpha value is -2.53. The minimum atomic E-state index is -4.85. The molecular weight excluding hydrogens is 415 g/mol. The molecule has 7 nitrogen and oxygen atoms in total. The Morgan fingerprint density at radius 3 is 2.24 bits per heavy atom. The number of benzene rings is 1. The minimum Gasteiger partial charge on any atom is -0.490 e. The van der Waals surface area contributed by atoms with Crippen LogP contribution in [0.25, 0.3) is 0 Å². The van der Waals surface area contributed by atoms with E-state index in [0.29, 0.717) is 24.4 Å². The lowest BCUT2D eigenvalue weighted by atomic mass is 10.1. The Morgan fingerprint density at radius 1 is 1.07 bits per heavy atom. The average molecular weight is 433 g/mol. The van der Waals surface area contributed by atoms with Crippen LogP contribution in [0.3, 0.4) is 0 Å². The molecule has 0 N–H and O–H groups in total. The highest BCUT2D eigenvalue weighted by atomic mass is 32.2. The van der Waals surface area contributed by atoms with Crippen molar-refractivity contribution in [1.29, 1.82) is 0 Å². The minimum absolute atomic E-state index is 0.123. The molecule has 2 heterocycles. The number of piperidine rings is 1. The summed E-state index contributed by atoms with van der Waals surface area (Å²) in [7, 11) is -3.86. The molecule has 1 aromatic carbocycles. The van der Waals surface area contributed by atoms with Crippen molar-refractivity contribution in [2.45, 2.75) is 37.1 Å². The third-order valence-electron chi connectivity index (χ3n) is 4.27. The van der Waals surface area contributed by atoms with Gasteiger partial charge in [-0.15, -0.1) is 13.2 Å². The van der Waals surface area contributed by atoms with Crippen LogP contribution in [0.2, 0.25) is 0 Å². The van der Waals surface area contributed by atoms with E-state index >= 15 is 0 Å². The van der Waals surface area contributed by atoms with Gasteiger partial charge in [-0.05, 0) is 44.0 Å². The first kappa shape index (κ1) is 21.2. The van der Waals surface area contributed by atoms with Crippen LogP contribution in [0.5, 0.6) is 11.5 Å². The molecule has 1 saturated heterocycles. The highest BCUT2D eigenvalue weighted by Gasteiger charge is 2.32. The Morgan fingerprint density at radius 2 is 1.69 bits per heavy atom. The number of alkyl halides is 3. The number of halogens is 3. The van der Waals surface area contributed by atoms with E-state index in [2.05, 4.69) is 4.74 Å². The van der Waals surface area contributed by atoms with E-state index in [-0.39, 0.29) is 24.1 Å². The van der Waals surface area contributed by atoms with Crippen LogP contribution < -0.4 is 15.1 Å². The topological polar surface area (TPSA) is 86.0 Å². The fraction of sp³-hybridized carbons (Fsp3) is 0.389. The predicted octanol–water partition coefficient (Wildman–Crippen LogP) is 3.08. The van der Waals surface area contributed by atoms with E-state index < -0.39 is 27.8 Å². The van der Waals surface area contributed by atoms with Crippen molar-refractivity contribution in [1.82, 2.24) is 4.31 Å². The molecule has 1 aliphatic rings. The largest absolute Gasteiger partial charge is 0.573 e. The molecule has 0 spiro atoms. The van der Waals surface area contributed by atoms with Gasteiger partial charge in [0.2, 0.25) is 10.0 Å². The van der Waals surface area contributed by atoms with Gasteiger partial charge in [-0.1, -0.05) is 0 Å². The van der Waals surface area contributed by atoms with E-state index in [1.165, 1.54) is 10.4 Å². The zero-order valence-electron chi connectivity index (χ0n) is 15.3. The molecule has 0 bridgehead atoms. The summed E-state index contributed by atoms with van der Waals surface area (Å²) in [6, 6.07) is 6.87. The van der Waals surface area contributed by atoms with Crippen molar-refractivity contribution in [2.24, 2.45) is 0 Å². The van der Waals surface area contributed by atoms with Gasteiger partial charge in [-0.25, -0.2) is 13.2 Å². The molecular formula is C18H18F3NO6S. The summed E-state index contributed by atoms with van der Waals surface area (Å²) >= 11 is 0. The summed E-state index contributed by atoms with van der Waals surface area (Å²) in [6.07, 6.45) is -4.33. The number of nitrogens with zero attached hydrogens (tertiary/aromatic N) is 1. The van der Waals surface area contributed by atoms with Crippen LogP contribution >= 0.6 is 0 Å². The summed E-state index contributed by atoms with van der Waals surface area (Å²) in [6.45, 7) is 1.97. The van der Waals surface area contributed by atoms with Gasteiger partial charge in [0.05, 0.1) is 11.0 Å². The number of aryl methyl sites for hydroxylation is 1. The van der Waals surface area contributed by atoms with Gasteiger partial charge in [0, 0.05) is 19.2 Å². The van der Waals surface area contributed by atoms with Crippen molar-refractivity contribution in [3.63, 3.8) is 0 Å². The molecule has 0 unspecified atom stereocenters. The Kier molecular flexibility index (Phi) is 5.90. The Labute approximate surface area is 164 Å². The number of ether oxygens (including phenoxy) is 2. The lowest BCUT2D eigenvalue weighted by molar-refractivity contribution is -0.274. The maximum atomic E-state index is 12.7. The van der Waals surface area contributed by atoms with E-state index in [0.717, 1.165) is 24.3 Å². The van der Waals surface area contributed by atoms with Crippen molar-refractivity contribution in [3.8, 4) is 11.5 Å². The monoisotopic (exact) mass is 433 g/mol. The second-order valence-electron chi connectivity index (χ2n) is 6.46. The van der Waals surface area contributed by atoms with Gasteiger partial charge < -0.3 is 13.9 Å². The fourth-order valence-corrected chi connectivity index (χ4v) is 4.46. The van der Waals surface area contributed by atoms with Crippen molar-refractivity contribution in [2.75, 3.05) is 13.1 Å². The quantitative estimate of drug-likeness (QED) is 0.721. The first-order chi connectivity index (χ1) is 13.5. The Balaban J connectivity index is 1.62. The highest BCUT2D eigenvalue weighted by molar-refractivity contribution is 7.89. The van der Waals surface area contributed by atoms with E-state index in [9.17, 15) is 26.4 Å². The van der Waals surface area contributed by atoms with Gasteiger partial charge in [0.25, 0.3) is 0 Å². The molecule has 29 heavy (non-hydrogen) atoms. The number of hydrogen-bond donors (Lipinski definition) is 0. The number of rotatable bonds is 5. The summed E-state index contributed by atoms with van der Waals surface area (Å²) in [5, 5.41) is 0. The SMILES string of the molecule is Cc1cc(OC2CCN(S(=O)(=O)c3ccc(OC(F)(F)F)cc3)CC2)cc(=O)o1. The van der Waals surface area contributed by atoms with Gasteiger partial charge in [-0.2, -0.15) is 4.31 Å². The summed E-state index contributed by atoms with van der Waals surface area (Å²) < 4.78 is 77.7. The van der Waals surface area contributed by atoms with Gasteiger partial charge in [0.1, 0.15) is 23.4 Å². The lowest BCUT2D eigenvalue weighted by Crippen LogP contribution is -2.41. The standard InChI is InChI=1S/C18H18F3NO6S/c1-12-10-15(11-17(23)26-12)27-13-6-8-22(9-7-13)29(24,25)16-4-2-14(3-5-16)28-18(19,20)21/h2-5,10-11,13H,6-9H2,1H3. The molecule has 0 amide bonds. The average Bonchev–Trinajstić information content (AvgIpc) is 2.60. The van der Waals surface area contributed by atoms with E-state index in [4.69, 9.17) is 9.15 Å². The molecule has 0 aliphatic carbocycles. The molecule has 0 atom stereocenters. The van der Waals surface area contributed by atoms with Crippen LogP contribution in [0.1, 0.15) is 18.6 Å². The molecule has 1 aromatic heterocycles. The van der Waals surface area contributed by atoms with Crippen molar-refractivity contribution in [3.05, 3.63) is 52.6 Å². The van der Waals surface area contributed by atoms with Crippen LogP contribution in [0, 0.1) is 6.92 Å².